The third-order valence-electron chi connectivity index (χ3n) is 6.03. The Balaban J connectivity index is 1.33. The van der Waals surface area contributed by atoms with E-state index in [4.69, 9.17) is 14.7 Å². The van der Waals surface area contributed by atoms with Gasteiger partial charge in [0, 0.05) is 24.9 Å². The molecule has 2 aliphatic rings. The first-order chi connectivity index (χ1) is 16.5. The fourth-order valence-electron chi connectivity index (χ4n) is 4.35. The van der Waals surface area contributed by atoms with E-state index in [2.05, 4.69) is 25.3 Å². The average molecular weight is 465 g/mol. The summed E-state index contributed by atoms with van der Waals surface area (Å²) < 4.78 is 39.7. The third-order valence-corrected chi connectivity index (χ3v) is 6.03. The summed E-state index contributed by atoms with van der Waals surface area (Å²) in [6.07, 6.45) is 3.53. The van der Waals surface area contributed by atoms with Crippen LogP contribution in [-0.2, 0) is 4.74 Å². The van der Waals surface area contributed by atoms with Gasteiger partial charge in [0.2, 0.25) is 11.8 Å². The number of ether oxygens (including phenoxy) is 2. The van der Waals surface area contributed by atoms with Crippen LogP contribution in [0.4, 0.5) is 26.2 Å². The molecule has 11 heteroatoms. The number of fused-ring (bicyclic) bond motifs is 2. The van der Waals surface area contributed by atoms with Crippen molar-refractivity contribution in [3.63, 3.8) is 0 Å². The second-order valence-electron chi connectivity index (χ2n) is 8.33. The van der Waals surface area contributed by atoms with Crippen LogP contribution in [-0.4, -0.2) is 52.3 Å². The van der Waals surface area contributed by atoms with E-state index in [1.807, 2.05) is 11.0 Å². The SMILES string of the molecule is Cc1c(Nc2ccc(C#N)cc2F)ncnc1OC1C2COCC1CN(c1ncc(F)cn1)C2. The highest BCUT2D eigenvalue weighted by molar-refractivity contribution is 5.62. The van der Waals surface area contributed by atoms with Gasteiger partial charge in [-0.1, -0.05) is 0 Å². The summed E-state index contributed by atoms with van der Waals surface area (Å²) in [4.78, 5) is 18.8. The smallest absolute Gasteiger partial charge is 0.225 e. The van der Waals surface area contributed by atoms with Gasteiger partial charge in [0.25, 0.3) is 0 Å². The molecule has 2 fully saturated rings. The number of rotatable bonds is 5. The molecule has 2 atom stereocenters. The summed E-state index contributed by atoms with van der Waals surface area (Å²) in [5, 5.41) is 11.9. The first-order valence-electron chi connectivity index (χ1n) is 10.8. The van der Waals surface area contributed by atoms with Crippen LogP contribution in [0.15, 0.2) is 36.9 Å². The molecule has 4 heterocycles. The minimum Gasteiger partial charge on any atom is -0.473 e. The zero-order chi connectivity index (χ0) is 23.7. The van der Waals surface area contributed by atoms with Crippen molar-refractivity contribution in [3.05, 3.63) is 59.7 Å². The lowest BCUT2D eigenvalue weighted by Gasteiger charge is -2.46. The van der Waals surface area contributed by atoms with Crippen molar-refractivity contribution >= 4 is 17.5 Å². The normalized spacial score (nSPS) is 21.6. The minimum absolute atomic E-state index is 0.0305. The number of nitriles is 1. The highest BCUT2D eigenvalue weighted by Crippen LogP contribution is 2.34. The molecule has 0 saturated carbocycles. The van der Waals surface area contributed by atoms with Crippen LogP contribution in [0.2, 0.25) is 0 Å². The summed E-state index contributed by atoms with van der Waals surface area (Å²) in [5.74, 6) is 0.320. The monoisotopic (exact) mass is 465 g/mol. The highest BCUT2D eigenvalue weighted by atomic mass is 19.1. The molecule has 174 valence electrons. The quantitative estimate of drug-likeness (QED) is 0.608. The van der Waals surface area contributed by atoms with E-state index in [1.54, 1.807) is 6.92 Å². The molecule has 2 unspecified atom stereocenters. The summed E-state index contributed by atoms with van der Waals surface area (Å²) in [7, 11) is 0. The minimum atomic E-state index is -0.554. The van der Waals surface area contributed by atoms with Crippen molar-refractivity contribution in [3.8, 4) is 11.9 Å². The number of benzene rings is 1. The number of nitrogens with one attached hydrogen (secondary N) is 1. The molecule has 2 aromatic heterocycles. The molecule has 2 bridgehead atoms. The Morgan fingerprint density at radius 2 is 1.85 bits per heavy atom. The Morgan fingerprint density at radius 3 is 2.53 bits per heavy atom. The Hall–Kier alpha value is -3.91. The first kappa shape index (κ1) is 21.9. The van der Waals surface area contributed by atoms with Gasteiger partial charge in [-0.05, 0) is 25.1 Å². The van der Waals surface area contributed by atoms with Crippen molar-refractivity contribution in [2.45, 2.75) is 13.0 Å². The van der Waals surface area contributed by atoms with Crippen molar-refractivity contribution in [1.82, 2.24) is 19.9 Å². The third kappa shape index (κ3) is 4.32. The molecule has 9 nitrogen and oxygen atoms in total. The topological polar surface area (TPSA) is 109 Å². The highest BCUT2D eigenvalue weighted by Gasteiger charge is 2.43. The lowest BCUT2D eigenvalue weighted by Crippen LogP contribution is -2.58. The summed E-state index contributed by atoms with van der Waals surface area (Å²) in [6.45, 7) is 4.00. The van der Waals surface area contributed by atoms with Gasteiger partial charge in [0.1, 0.15) is 24.1 Å². The van der Waals surface area contributed by atoms with Gasteiger partial charge in [0.15, 0.2) is 5.82 Å². The average Bonchev–Trinajstić information content (AvgIpc) is 2.83. The molecule has 0 spiro atoms. The van der Waals surface area contributed by atoms with E-state index in [-0.39, 0.29) is 29.2 Å². The molecule has 1 N–H and O–H groups in total. The summed E-state index contributed by atoms with van der Waals surface area (Å²) in [6, 6.07) is 6.09. The van der Waals surface area contributed by atoms with Gasteiger partial charge in [-0.25, -0.2) is 28.7 Å². The number of nitrogens with zero attached hydrogens (tertiary/aromatic N) is 6. The van der Waals surface area contributed by atoms with Gasteiger partial charge in [-0.3, -0.25) is 0 Å². The molecule has 2 saturated heterocycles. The second kappa shape index (κ2) is 9.15. The van der Waals surface area contributed by atoms with Crippen molar-refractivity contribution in [1.29, 1.82) is 5.26 Å². The van der Waals surface area contributed by atoms with Crippen LogP contribution >= 0.6 is 0 Å². The van der Waals surface area contributed by atoms with E-state index in [1.165, 1.54) is 18.5 Å². The zero-order valence-electron chi connectivity index (χ0n) is 18.3. The lowest BCUT2D eigenvalue weighted by molar-refractivity contribution is -0.0771. The molecule has 0 aliphatic carbocycles. The van der Waals surface area contributed by atoms with E-state index in [0.717, 1.165) is 18.5 Å². The van der Waals surface area contributed by atoms with Gasteiger partial charge >= 0.3 is 0 Å². The Morgan fingerprint density at radius 1 is 1.12 bits per heavy atom. The Labute approximate surface area is 194 Å². The van der Waals surface area contributed by atoms with E-state index in [9.17, 15) is 8.78 Å². The van der Waals surface area contributed by atoms with Crippen LogP contribution in [0.5, 0.6) is 5.88 Å². The molecule has 2 aliphatic heterocycles. The zero-order valence-corrected chi connectivity index (χ0v) is 18.3. The molecule has 34 heavy (non-hydrogen) atoms. The summed E-state index contributed by atoms with van der Waals surface area (Å²) >= 11 is 0. The van der Waals surface area contributed by atoms with Crippen molar-refractivity contribution in [2.24, 2.45) is 11.8 Å². The molecule has 1 aromatic carbocycles. The second-order valence-corrected chi connectivity index (χ2v) is 8.33. The van der Waals surface area contributed by atoms with Crippen LogP contribution in [0.1, 0.15) is 11.1 Å². The van der Waals surface area contributed by atoms with E-state index in [0.29, 0.717) is 49.5 Å². The number of hydrogen-bond acceptors (Lipinski definition) is 9. The summed E-state index contributed by atoms with van der Waals surface area (Å²) in [5.41, 5.74) is 1.07. The van der Waals surface area contributed by atoms with Crippen molar-refractivity contribution in [2.75, 3.05) is 36.5 Å². The van der Waals surface area contributed by atoms with E-state index >= 15 is 0 Å². The van der Waals surface area contributed by atoms with E-state index < -0.39 is 11.6 Å². The number of aromatic nitrogens is 4. The molecular formula is C23H21F2N7O2. The molecule has 3 aromatic rings. The van der Waals surface area contributed by atoms with Crippen LogP contribution < -0.4 is 15.0 Å². The van der Waals surface area contributed by atoms with Crippen LogP contribution in [0.3, 0.4) is 0 Å². The van der Waals surface area contributed by atoms with Gasteiger partial charge < -0.3 is 19.7 Å². The molecular weight excluding hydrogens is 444 g/mol. The van der Waals surface area contributed by atoms with Crippen LogP contribution in [0, 0.1) is 41.7 Å². The maximum atomic E-state index is 14.3. The van der Waals surface area contributed by atoms with Crippen LogP contribution in [0.25, 0.3) is 0 Å². The number of halogens is 2. The van der Waals surface area contributed by atoms with Gasteiger partial charge in [-0.2, -0.15) is 5.26 Å². The maximum absolute atomic E-state index is 14.3. The fraction of sp³-hybridized carbons (Fsp3) is 0.348. The number of piperidine rings is 1. The fourth-order valence-corrected chi connectivity index (χ4v) is 4.35. The van der Waals surface area contributed by atoms with Gasteiger partial charge in [0.05, 0.1) is 48.5 Å². The lowest BCUT2D eigenvalue weighted by atomic mass is 9.84. The Kier molecular flexibility index (Phi) is 5.90. The molecule has 0 amide bonds. The standard InChI is InChI=1S/C23H21F2N7O2/c1-13-21(31-19-3-2-14(5-26)4-18(19)25)29-12-30-22(13)34-20-15-8-32(9-16(20)11-33-10-15)23-27-6-17(24)7-28-23/h2-4,6-7,12,15-16,20H,8-11H2,1H3,(H,29,30,31). The number of anilines is 3. The molecule has 0 radical (unpaired) electrons. The Bertz CT molecular complexity index is 1220. The predicted octanol–water partition coefficient (Wildman–Crippen LogP) is 3.00. The number of hydrogen-bond donors (Lipinski definition) is 1. The maximum Gasteiger partial charge on any atom is 0.225 e. The first-order valence-corrected chi connectivity index (χ1v) is 10.8. The van der Waals surface area contributed by atoms with Crippen molar-refractivity contribution < 1.29 is 18.3 Å². The predicted molar refractivity (Wildman–Crippen MR) is 118 cm³/mol. The largest absolute Gasteiger partial charge is 0.473 e. The van der Waals surface area contributed by atoms with Gasteiger partial charge in [-0.15, -0.1) is 0 Å². The molecule has 5 rings (SSSR count).